The maximum atomic E-state index is 3.74. The van der Waals surface area contributed by atoms with E-state index < -0.39 is 0 Å². The Bertz CT molecular complexity index is 221. The predicted octanol–water partition coefficient (Wildman–Crippen LogP) is 4.36. The lowest BCUT2D eigenvalue weighted by Crippen LogP contribution is -1.66. The molecule has 72 valence electrons. The van der Waals surface area contributed by atoms with E-state index >= 15 is 0 Å². The SMILES string of the molecule is C=C(C)CCC.Cc1ccccc1. The fourth-order valence-corrected chi connectivity index (χ4v) is 0.961. The van der Waals surface area contributed by atoms with Crippen molar-refractivity contribution in [2.24, 2.45) is 0 Å². The van der Waals surface area contributed by atoms with Crippen LogP contribution in [0.2, 0.25) is 0 Å². The molecule has 0 heteroatoms. The summed E-state index contributed by atoms with van der Waals surface area (Å²) in [6.45, 7) is 10.0. The molecule has 0 aliphatic rings. The molecule has 0 atom stereocenters. The number of hydrogen-bond donors (Lipinski definition) is 0. The maximum absolute atomic E-state index is 3.74. The van der Waals surface area contributed by atoms with Crippen molar-refractivity contribution in [3.63, 3.8) is 0 Å². The van der Waals surface area contributed by atoms with Crippen LogP contribution in [0.15, 0.2) is 42.5 Å². The number of rotatable bonds is 2. The summed E-state index contributed by atoms with van der Waals surface area (Å²) >= 11 is 0. The maximum Gasteiger partial charge on any atom is -0.0328 e. The molecule has 0 amide bonds. The number of allylic oxidation sites excluding steroid dienone is 1. The van der Waals surface area contributed by atoms with Crippen molar-refractivity contribution in [1.29, 1.82) is 0 Å². The van der Waals surface area contributed by atoms with Crippen molar-refractivity contribution < 1.29 is 0 Å². The van der Waals surface area contributed by atoms with Gasteiger partial charge in [0.15, 0.2) is 0 Å². The van der Waals surface area contributed by atoms with Crippen LogP contribution in [0, 0.1) is 6.92 Å². The van der Waals surface area contributed by atoms with Gasteiger partial charge in [-0.3, -0.25) is 0 Å². The van der Waals surface area contributed by atoms with Gasteiger partial charge in [0, 0.05) is 0 Å². The van der Waals surface area contributed by atoms with E-state index in [4.69, 9.17) is 0 Å². The topological polar surface area (TPSA) is 0 Å². The molecule has 1 rings (SSSR count). The van der Waals surface area contributed by atoms with E-state index in [1.165, 1.54) is 24.0 Å². The van der Waals surface area contributed by atoms with E-state index in [0.29, 0.717) is 0 Å². The fourth-order valence-electron chi connectivity index (χ4n) is 0.961. The smallest absolute Gasteiger partial charge is 0.0328 e. The van der Waals surface area contributed by atoms with Crippen molar-refractivity contribution in [2.75, 3.05) is 0 Å². The molecule has 1 aromatic carbocycles. The van der Waals surface area contributed by atoms with Crippen molar-refractivity contribution in [1.82, 2.24) is 0 Å². The molecule has 0 saturated carbocycles. The van der Waals surface area contributed by atoms with Gasteiger partial charge in [-0.05, 0) is 20.3 Å². The fraction of sp³-hybridized carbons (Fsp3) is 0.385. The van der Waals surface area contributed by atoms with Crippen LogP contribution in [0.3, 0.4) is 0 Å². The first-order valence-electron chi connectivity index (χ1n) is 4.82. The minimum atomic E-state index is 1.18. The van der Waals surface area contributed by atoms with Gasteiger partial charge in [-0.1, -0.05) is 54.8 Å². The quantitative estimate of drug-likeness (QED) is 0.587. The Labute approximate surface area is 82.3 Å². The van der Waals surface area contributed by atoms with Gasteiger partial charge < -0.3 is 0 Å². The van der Waals surface area contributed by atoms with Gasteiger partial charge in [-0.2, -0.15) is 0 Å². The van der Waals surface area contributed by atoms with Crippen LogP contribution in [0.4, 0.5) is 0 Å². The van der Waals surface area contributed by atoms with Gasteiger partial charge in [-0.25, -0.2) is 0 Å². The third-order valence-electron chi connectivity index (χ3n) is 1.62. The molecule has 0 aliphatic carbocycles. The molecule has 0 unspecified atom stereocenters. The highest BCUT2D eigenvalue weighted by molar-refractivity contribution is 5.11. The van der Waals surface area contributed by atoms with Crippen LogP contribution < -0.4 is 0 Å². The Morgan fingerprint density at radius 1 is 1.23 bits per heavy atom. The Morgan fingerprint density at radius 3 is 1.92 bits per heavy atom. The lowest BCUT2D eigenvalue weighted by molar-refractivity contribution is 0.910. The summed E-state index contributed by atoms with van der Waals surface area (Å²) in [6.07, 6.45) is 2.41. The average molecular weight is 176 g/mol. The van der Waals surface area contributed by atoms with Crippen molar-refractivity contribution in [3.8, 4) is 0 Å². The molecule has 0 N–H and O–H groups in total. The number of hydrogen-bond acceptors (Lipinski definition) is 0. The first kappa shape index (κ1) is 12.0. The summed E-state index contributed by atoms with van der Waals surface area (Å²) in [5.41, 5.74) is 2.61. The first-order chi connectivity index (χ1) is 6.16. The summed E-state index contributed by atoms with van der Waals surface area (Å²) in [5, 5.41) is 0. The standard InChI is InChI=1S/C7H8.C6H12/c1-7-5-3-2-4-6-7;1-4-5-6(2)3/h2-6H,1H3;2,4-5H2,1,3H3. The average Bonchev–Trinajstić information content (AvgIpc) is 2.06. The molecule has 1 aromatic rings. The highest BCUT2D eigenvalue weighted by Crippen LogP contribution is 1.96. The second-order valence-electron chi connectivity index (χ2n) is 3.36. The van der Waals surface area contributed by atoms with Crippen LogP contribution in [-0.4, -0.2) is 0 Å². The second kappa shape index (κ2) is 7.60. The molecule has 0 fully saturated rings. The minimum Gasteiger partial charge on any atom is -0.100 e. The van der Waals surface area contributed by atoms with E-state index in [1.54, 1.807) is 0 Å². The van der Waals surface area contributed by atoms with Gasteiger partial charge in [0.2, 0.25) is 0 Å². The molecule has 0 saturated heterocycles. The van der Waals surface area contributed by atoms with Crippen LogP contribution in [0.1, 0.15) is 32.3 Å². The first-order valence-corrected chi connectivity index (χ1v) is 4.82. The van der Waals surface area contributed by atoms with Gasteiger partial charge in [0.05, 0.1) is 0 Å². The summed E-state index contributed by atoms with van der Waals surface area (Å²) in [4.78, 5) is 0. The second-order valence-corrected chi connectivity index (χ2v) is 3.36. The number of aryl methyl sites for hydroxylation is 1. The molecule has 0 aromatic heterocycles. The van der Waals surface area contributed by atoms with Crippen LogP contribution in [0.5, 0.6) is 0 Å². The third kappa shape index (κ3) is 8.87. The largest absolute Gasteiger partial charge is 0.100 e. The van der Waals surface area contributed by atoms with Gasteiger partial charge in [-0.15, -0.1) is 6.58 Å². The molecular formula is C13H20. The highest BCUT2D eigenvalue weighted by atomic mass is 13.8. The molecule has 0 bridgehead atoms. The van der Waals surface area contributed by atoms with Gasteiger partial charge in [0.25, 0.3) is 0 Å². The van der Waals surface area contributed by atoms with Crippen LogP contribution in [0.25, 0.3) is 0 Å². The van der Waals surface area contributed by atoms with Gasteiger partial charge in [0.1, 0.15) is 0 Å². The summed E-state index contributed by atoms with van der Waals surface area (Å²) in [5.74, 6) is 0. The zero-order valence-electron chi connectivity index (χ0n) is 9.01. The zero-order valence-corrected chi connectivity index (χ0v) is 9.01. The van der Waals surface area contributed by atoms with Crippen molar-refractivity contribution in [3.05, 3.63) is 48.0 Å². The molecular weight excluding hydrogens is 156 g/mol. The number of benzene rings is 1. The molecule has 0 spiro atoms. The predicted molar refractivity (Wildman–Crippen MR) is 60.9 cm³/mol. The Hall–Kier alpha value is -1.04. The van der Waals surface area contributed by atoms with Gasteiger partial charge >= 0.3 is 0 Å². The summed E-state index contributed by atoms with van der Waals surface area (Å²) in [6, 6.07) is 10.3. The van der Waals surface area contributed by atoms with Crippen LogP contribution in [-0.2, 0) is 0 Å². The zero-order chi connectivity index (χ0) is 10.1. The van der Waals surface area contributed by atoms with E-state index in [2.05, 4.69) is 39.5 Å². The molecule has 0 nitrogen and oxygen atoms in total. The molecule has 0 heterocycles. The van der Waals surface area contributed by atoms with E-state index in [1.807, 2.05) is 18.2 Å². The third-order valence-corrected chi connectivity index (χ3v) is 1.62. The lowest BCUT2D eigenvalue weighted by atomic mass is 10.2. The monoisotopic (exact) mass is 176 g/mol. The molecule has 0 aliphatic heterocycles. The molecule has 13 heavy (non-hydrogen) atoms. The van der Waals surface area contributed by atoms with E-state index in [9.17, 15) is 0 Å². The molecule has 0 radical (unpaired) electrons. The normalized spacial score (nSPS) is 8.54. The van der Waals surface area contributed by atoms with E-state index in [-0.39, 0.29) is 0 Å². The summed E-state index contributed by atoms with van der Waals surface area (Å²) < 4.78 is 0. The highest BCUT2D eigenvalue weighted by Gasteiger charge is 1.76. The van der Waals surface area contributed by atoms with Crippen LogP contribution >= 0.6 is 0 Å². The summed E-state index contributed by atoms with van der Waals surface area (Å²) in [7, 11) is 0. The van der Waals surface area contributed by atoms with Crippen molar-refractivity contribution in [2.45, 2.75) is 33.6 Å². The Balaban J connectivity index is 0.000000226. The Morgan fingerprint density at radius 2 is 1.77 bits per heavy atom. The minimum absolute atomic E-state index is 1.18. The van der Waals surface area contributed by atoms with Crippen molar-refractivity contribution >= 4 is 0 Å². The Kier molecular flexibility index (Phi) is 6.99. The van der Waals surface area contributed by atoms with E-state index in [0.717, 1.165) is 0 Å². The lowest BCUT2D eigenvalue weighted by Gasteiger charge is -1.87.